The molecule has 0 radical (unpaired) electrons. The fraction of sp³-hybridized carbons (Fsp3) is 0.700. The van der Waals surface area contributed by atoms with Gasteiger partial charge in [-0.2, -0.15) is 0 Å². The molecule has 130 valence electrons. The molecule has 0 aromatic carbocycles. The Kier molecular flexibility index (Phi) is 6.38. The SMILES string of the molecule is CCc1c(C(C)(C)C)nc(C(C)(C)C)[nH+]c1/C=C/N(CC)CC. The third kappa shape index (κ3) is 5.05. The summed E-state index contributed by atoms with van der Waals surface area (Å²) in [5.74, 6) is 1.05. The van der Waals surface area contributed by atoms with Gasteiger partial charge in [-0.1, -0.05) is 27.7 Å². The maximum absolute atomic E-state index is 5.01. The zero-order chi connectivity index (χ0) is 17.8. The Morgan fingerprint density at radius 3 is 1.91 bits per heavy atom. The van der Waals surface area contributed by atoms with Crippen molar-refractivity contribution >= 4 is 6.08 Å². The lowest BCUT2D eigenvalue weighted by Crippen LogP contribution is -2.33. The molecule has 1 aromatic heterocycles. The normalized spacial score (nSPS) is 12.9. The van der Waals surface area contributed by atoms with Crippen LogP contribution in [0.3, 0.4) is 0 Å². The summed E-state index contributed by atoms with van der Waals surface area (Å²) in [5.41, 5.74) is 3.78. The van der Waals surface area contributed by atoms with E-state index in [0.29, 0.717) is 0 Å². The van der Waals surface area contributed by atoms with Gasteiger partial charge in [-0.15, -0.1) is 0 Å². The molecule has 23 heavy (non-hydrogen) atoms. The predicted molar refractivity (Wildman–Crippen MR) is 99.5 cm³/mol. The van der Waals surface area contributed by atoms with E-state index in [0.717, 1.165) is 25.3 Å². The van der Waals surface area contributed by atoms with Gasteiger partial charge in [0.25, 0.3) is 0 Å². The van der Waals surface area contributed by atoms with Crippen molar-refractivity contribution in [2.24, 2.45) is 0 Å². The van der Waals surface area contributed by atoms with E-state index in [4.69, 9.17) is 4.98 Å². The highest BCUT2D eigenvalue weighted by Gasteiger charge is 2.33. The Labute approximate surface area is 143 Å². The largest absolute Gasteiger partial charge is 0.378 e. The van der Waals surface area contributed by atoms with Crippen LogP contribution in [0, 0.1) is 0 Å². The minimum Gasteiger partial charge on any atom is -0.378 e. The van der Waals surface area contributed by atoms with Gasteiger partial charge in [0.1, 0.15) is 5.69 Å². The second kappa shape index (κ2) is 7.46. The highest BCUT2D eigenvalue weighted by molar-refractivity contribution is 5.48. The van der Waals surface area contributed by atoms with E-state index < -0.39 is 0 Å². The van der Waals surface area contributed by atoms with Crippen molar-refractivity contribution in [3.8, 4) is 0 Å². The van der Waals surface area contributed by atoms with E-state index >= 15 is 0 Å². The number of rotatable bonds is 5. The van der Waals surface area contributed by atoms with Gasteiger partial charge in [0.05, 0.1) is 5.41 Å². The van der Waals surface area contributed by atoms with Gasteiger partial charge in [0.15, 0.2) is 5.69 Å². The van der Waals surface area contributed by atoms with Crippen LogP contribution in [0.2, 0.25) is 0 Å². The molecule has 0 aliphatic carbocycles. The summed E-state index contributed by atoms with van der Waals surface area (Å²) in [6, 6.07) is 0. The van der Waals surface area contributed by atoms with E-state index in [1.54, 1.807) is 0 Å². The number of aromatic amines is 1. The summed E-state index contributed by atoms with van der Waals surface area (Å²) in [6.45, 7) is 22.0. The first kappa shape index (κ1) is 19.7. The first-order valence-electron chi connectivity index (χ1n) is 8.93. The highest BCUT2D eigenvalue weighted by Crippen LogP contribution is 2.28. The van der Waals surface area contributed by atoms with Crippen molar-refractivity contribution in [2.45, 2.75) is 79.6 Å². The molecule has 0 unspecified atom stereocenters. The second-order valence-electron chi connectivity index (χ2n) is 8.22. The molecule has 1 rings (SSSR count). The molecule has 0 bridgehead atoms. The van der Waals surface area contributed by atoms with E-state index in [2.05, 4.69) is 84.5 Å². The van der Waals surface area contributed by atoms with Crippen LogP contribution in [0.5, 0.6) is 0 Å². The Hall–Kier alpha value is -1.38. The number of hydrogen-bond donors (Lipinski definition) is 0. The summed E-state index contributed by atoms with van der Waals surface area (Å²) in [5, 5.41) is 0. The summed E-state index contributed by atoms with van der Waals surface area (Å²) in [4.78, 5) is 10.9. The Morgan fingerprint density at radius 2 is 1.52 bits per heavy atom. The first-order chi connectivity index (χ1) is 10.5. The molecule has 0 fully saturated rings. The van der Waals surface area contributed by atoms with Crippen molar-refractivity contribution in [1.82, 2.24) is 9.88 Å². The van der Waals surface area contributed by atoms with Gasteiger partial charge in [-0.05, 0) is 46.0 Å². The zero-order valence-electron chi connectivity index (χ0n) is 16.7. The average Bonchev–Trinajstić information content (AvgIpc) is 2.45. The fourth-order valence-electron chi connectivity index (χ4n) is 2.63. The topological polar surface area (TPSA) is 30.3 Å². The van der Waals surface area contributed by atoms with Crippen LogP contribution in [-0.2, 0) is 17.3 Å². The molecule has 1 N–H and O–H groups in total. The number of nitrogens with zero attached hydrogens (tertiary/aromatic N) is 2. The Bertz CT molecular complexity index is 541. The predicted octanol–water partition coefficient (Wildman–Crippen LogP) is 4.37. The van der Waals surface area contributed by atoms with Crippen LogP contribution in [-0.4, -0.2) is 23.0 Å². The van der Waals surface area contributed by atoms with Crippen molar-refractivity contribution in [3.63, 3.8) is 0 Å². The molecule has 0 saturated carbocycles. The zero-order valence-corrected chi connectivity index (χ0v) is 16.7. The second-order valence-corrected chi connectivity index (χ2v) is 8.22. The average molecular weight is 319 g/mol. The number of hydrogen-bond acceptors (Lipinski definition) is 2. The van der Waals surface area contributed by atoms with Crippen molar-refractivity contribution in [2.75, 3.05) is 13.1 Å². The molecule has 0 spiro atoms. The molecule has 1 heterocycles. The van der Waals surface area contributed by atoms with Crippen molar-refractivity contribution < 1.29 is 4.98 Å². The van der Waals surface area contributed by atoms with Gasteiger partial charge in [-0.3, -0.25) is 0 Å². The van der Waals surface area contributed by atoms with Gasteiger partial charge in [0, 0.05) is 36.3 Å². The lowest BCUT2D eigenvalue weighted by atomic mass is 9.85. The third-order valence-electron chi connectivity index (χ3n) is 4.13. The van der Waals surface area contributed by atoms with E-state index in [-0.39, 0.29) is 10.8 Å². The third-order valence-corrected chi connectivity index (χ3v) is 4.13. The summed E-state index contributed by atoms with van der Waals surface area (Å²) in [7, 11) is 0. The molecular weight excluding hydrogens is 282 g/mol. The fourth-order valence-corrected chi connectivity index (χ4v) is 2.63. The first-order valence-corrected chi connectivity index (χ1v) is 8.93. The van der Waals surface area contributed by atoms with Gasteiger partial charge >= 0.3 is 5.82 Å². The smallest absolute Gasteiger partial charge is 0.302 e. The monoisotopic (exact) mass is 318 g/mol. The van der Waals surface area contributed by atoms with Crippen molar-refractivity contribution in [3.05, 3.63) is 29.0 Å². The molecule has 0 aliphatic rings. The van der Waals surface area contributed by atoms with Crippen LogP contribution in [0.1, 0.15) is 85.1 Å². The quantitative estimate of drug-likeness (QED) is 0.807. The van der Waals surface area contributed by atoms with Gasteiger partial charge < -0.3 is 4.90 Å². The summed E-state index contributed by atoms with van der Waals surface area (Å²) >= 11 is 0. The molecular formula is C20H36N3+. The maximum Gasteiger partial charge on any atom is 0.302 e. The molecule has 0 atom stereocenters. The number of H-pyrrole nitrogens is 1. The molecule has 3 nitrogen and oxygen atoms in total. The molecule has 0 saturated heterocycles. The highest BCUT2D eigenvalue weighted by atomic mass is 15.1. The standard InChI is InChI=1S/C20H35N3/c1-10-15-16(13-14-23(11-2)12-3)21-18(20(7,8)9)22-17(15)19(4,5)6/h13-14H,10-12H2,1-9H3/p+1/b14-13+. The van der Waals surface area contributed by atoms with Gasteiger partial charge in [-0.25, -0.2) is 4.98 Å². The van der Waals surface area contributed by atoms with Crippen LogP contribution in [0.4, 0.5) is 0 Å². The molecule has 3 heteroatoms. The van der Waals surface area contributed by atoms with Crippen molar-refractivity contribution in [1.29, 1.82) is 0 Å². The molecule has 1 aromatic rings. The van der Waals surface area contributed by atoms with Gasteiger partial charge in [0.2, 0.25) is 0 Å². The summed E-state index contributed by atoms with van der Waals surface area (Å²) in [6.07, 6.45) is 5.40. The lowest BCUT2D eigenvalue weighted by Gasteiger charge is -2.21. The summed E-state index contributed by atoms with van der Waals surface area (Å²) < 4.78 is 0. The Morgan fingerprint density at radius 1 is 0.957 bits per heavy atom. The number of nitrogens with one attached hydrogen (secondary N) is 1. The van der Waals surface area contributed by atoms with Crippen LogP contribution in [0.25, 0.3) is 6.08 Å². The lowest BCUT2D eigenvalue weighted by molar-refractivity contribution is -0.406. The van der Waals surface area contributed by atoms with E-state index in [1.165, 1.54) is 17.0 Å². The minimum absolute atomic E-state index is 0.00403. The van der Waals surface area contributed by atoms with Crippen LogP contribution < -0.4 is 4.98 Å². The molecule has 0 aliphatic heterocycles. The van der Waals surface area contributed by atoms with Crippen LogP contribution >= 0.6 is 0 Å². The van der Waals surface area contributed by atoms with E-state index in [9.17, 15) is 0 Å². The minimum atomic E-state index is 0.00403. The van der Waals surface area contributed by atoms with E-state index in [1.807, 2.05) is 0 Å². The molecule has 0 amide bonds. The maximum atomic E-state index is 5.01. The number of aromatic nitrogens is 2. The van der Waals surface area contributed by atoms with Crippen LogP contribution in [0.15, 0.2) is 6.20 Å². The Balaban J connectivity index is 3.53.